The molecule has 0 aromatic carbocycles. The predicted molar refractivity (Wildman–Crippen MR) is 46.9 cm³/mol. The molecule has 0 rings (SSSR count). The lowest BCUT2D eigenvalue weighted by Crippen LogP contribution is -2.39. The third kappa shape index (κ3) is 3.05. The average Bonchev–Trinajstić information content (AvgIpc) is 1.85. The summed E-state index contributed by atoms with van der Waals surface area (Å²) in [6.07, 6.45) is 1.78. The van der Waals surface area contributed by atoms with Crippen LogP contribution in [0.3, 0.4) is 0 Å². The largest absolute Gasteiger partial charge is 0.479 e. The standard InChI is InChI=1S/C9H16O3/c1-4-5-9(12,8(10)11)6-7(2)3/h4,7,12H,1,5-6H2,2-3H3,(H,10,11). The van der Waals surface area contributed by atoms with Gasteiger partial charge in [-0.1, -0.05) is 19.9 Å². The van der Waals surface area contributed by atoms with Gasteiger partial charge in [0.25, 0.3) is 0 Å². The van der Waals surface area contributed by atoms with Gasteiger partial charge in [0.1, 0.15) is 0 Å². The molecule has 0 amide bonds. The molecule has 12 heavy (non-hydrogen) atoms. The molecule has 0 aliphatic rings. The maximum atomic E-state index is 10.6. The molecule has 1 unspecified atom stereocenters. The second kappa shape index (κ2) is 4.26. The van der Waals surface area contributed by atoms with Crippen LogP contribution in [-0.4, -0.2) is 21.8 Å². The first-order chi connectivity index (χ1) is 5.42. The van der Waals surface area contributed by atoms with Crippen LogP contribution in [0.5, 0.6) is 0 Å². The predicted octanol–water partition coefficient (Wildman–Crippen LogP) is 1.42. The Hall–Kier alpha value is -0.830. The molecule has 0 saturated carbocycles. The van der Waals surface area contributed by atoms with Crippen LogP contribution in [0.4, 0.5) is 0 Å². The van der Waals surface area contributed by atoms with Crippen molar-refractivity contribution in [2.45, 2.75) is 32.3 Å². The van der Waals surface area contributed by atoms with Crippen molar-refractivity contribution in [3.63, 3.8) is 0 Å². The van der Waals surface area contributed by atoms with E-state index in [0.717, 1.165) is 0 Å². The highest BCUT2D eigenvalue weighted by molar-refractivity contribution is 5.77. The molecule has 0 aromatic rings. The normalized spacial score (nSPS) is 15.7. The van der Waals surface area contributed by atoms with Gasteiger partial charge in [0.05, 0.1) is 0 Å². The summed E-state index contributed by atoms with van der Waals surface area (Å²) in [5.74, 6) is -1.01. The molecule has 0 radical (unpaired) electrons. The Morgan fingerprint density at radius 2 is 2.17 bits per heavy atom. The lowest BCUT2D eigenvalue weighted by molar-refractivity contribution is -0.159. The smallest absolute Gasteiger partial charge is 0.336 e. The Kier molecular flexibility index (Phi) is 3.96. The van der Waals surface area contributed by atoms with E-state index in [1.54, 1.807) is 0 Å². The number of carbonyl (C=O) groups is 1. The molecule has 1 atom stereocenters. The summed E-state index contributed by atoms with van der Waals surface area (Å²) >= 11 is 0. The minimum Gasteiger partial charge on any atom is -0.479 e. The summed E-state index contributed by atoms with van der Waals surface area (Å²) in [5.41, 5.74) is -1.63. The van der Waals surface area contributed by atoms with Crippen LogP contribution in [-0.2, 0) is 4.79 Å². The average molecular weight is 172 g/mol. The van der Waals surface area contributed by atoms with Crippen LogP contribution in [0.2, 0.25) is 0 Å². The molecular weight excluding hydrogens is 156 g/mol. The maximum Gasteiger partial charge on any atom is 0.336 e. The number of rotatable bonds is 5. The summed E-state index contributed by atoms with van der Waals surface area (Å²) in [5, 5.41) is 18.3. The fourth-order valence-corrected chi connectivity index (χ4v) is 1.17. The molecule has 3 heteroatoms. The van der Waals surface area contributed by atoms with Gasteiger partial charge in [-0.25, -0.2) is 4.79 Å². The Morgan fingerprint density at radius 1 is 1.67 bits per heavy atom. The molecule has 0 saturated heterocycles. The van der Waals surface area contributed by atoms with Gasteiger partial charge >= 0.3 is 5.97 Å². The quantitative estimate of drug-likeness (QED) is 0.617. The third-order valence-corrected chi connectivity index (χ3v) is 1.63. The van der Waals surface area contributed by atoms with Gasteiger partial charge < -0.3 is 10.2 Å². The van der Waals surface area contributed by atoms with Crippen LogP contribution in [0.15, 0.2) is 12.7 Å². The van der Waals surface area contributed by atoms with Crippen molar-refractivity contribution in [1.82, 2.24) is 0 Å². The first kappa shape index (κ1) is 11.2. The van der Waals surface area contributed by atoms with Crippen molar-refractivity contribution in [2.75, 3.05) is 0 Å². The number of aliphatic carboxylic acids is 1. The fraction of sp³-hybridized carbons (Fsp3) is 0.667. The van der Waals surface area contributed by atoms with E-state index in [1.807, 2.05) is 13.8 Å². The van der Waals surface area contributed by atoms with Crippen molar-refractivity contribution >= 4 is 5.97 Å². The van der Waals surface area contributed by atoms with Gasteiger partial charge in [-0.05, 0) is 12.3 Å². The van der Waals surface area contributed by atoms with Gasteiger partial charge in [-0.2, -0.15) is 0 Å². The van der Waals surface area contributed by atoms with Crippen LogP contribution in [0, 0.1) is 5.92 Å². The number of hydrogen-bond donors (Lipinski definition) is 2. The van der Waals surface area contributed by atoms with Crippen molar-refractivity contribution in [3.05, 3.63) is 12.7 Å². The second-order valence-corrected chi connectivity index (χ2v) is 3.43. The molecule has 0 spiro atoms. The molecule has 2 N–H and O–H groups in total. The molecule has 0 fully saturated rings. The zero-order chi connectivity index (χ0) is 9.78. The molecular formula is C9H16O3. The molecule has 70 valence electrons. The van der Waals surface area contributed by atoms with Crippen LogP contribution >= 0.6 is 0 Å². The van der Waals surface area contributed by atoms with E-state index in [0.29, 0.717) is 0 Å². The Balaban J connectivity index is 4.38. The topological polar surface area (TPSA) is 57.5 Å². The SMILES string of the molecule is C=CCC(O)(CC(C)C)C(=O)O. The van der Waals surface area contributed by atoms with E-state index in [2.05, 4.69) is 6.58 Å². The molecule has 0 bridgehead atoms. The zero-order valence-corrected chi connectivity index (χ0v) is 7.58. The van der Waals surface area contributed by atoms with E-state index < -0.39 is 11.6 Å². The Bertz CT molecular complexity index is 175. The summed E-state index contributed by atoms with van der Waals surface area (Å²) < 4.78 is 0. The second-order valence-electron chi connectivity index (χ2n) is 3.43. The molecule has 0 heterocycles. The van der Waals surface area contributed by atoms with E-state index in [4.69, 9.17) is 5.11 Å². The van der Waals surface area contributed by atoms with Crippen molar-refractivity contribution in [1.29, 1.82) is 0 Å². The highest BCUT2D eigenvalue weighted by atomic mass is 16.4. The third-order valence-electron chi connectivity index (χ3n) is 1.63. The monoisotopic (exact) mass is 172 g/mol. The number of hydrogen-bond acceptors (Lipinski definition) is 2. The first-order valence-electron chi connectivity index (χ1n) is 3.99. The molecule has 3 nitrogen and oxygen atoms in total. The van der Waals surface area contributed by atoms with Crippen molar-refractivity contribution in [3.8, 4) is 0 Å². The van der Waals surface area contributed by atoms with Crippen LogP contribution in [0.1, 0.15) is 26.7 Å². The minimum absolute atomic E-state index is 0.0977. The van der Waals surface area contributed by atoms with E-state index in [9.17, 15) is 9.90 Å². The lowest BCUT2D eigenvalue weighted by atomic mass is 9.89. The van der Waals surface area contributed by atoms with Crippen LogP contribution < -0.4 is 0 Å². The van der Waals surface area contributed by atoms with Crippen LogP contribution in [0.25, 0.3) is 0 Å². The zero-order valence-electron chi connectivity index (χ0n) is 7.58. The van der Waals surface area contributed by atoms with Gasteiger partial charge in [0, 0.05) is 6.42 Å². The van der Waals surface area contributed by atoms with Gasteiger partial charge in [0.15, 0.2) is 5.60 Å². The lowest BCUT2D eigenvalue weighted by Gasteiger charge is -2.23. The summed E-state index contributed by atoms with van der Waals surface area (Å²) in [6, 6.07) is 0. The van der Waals surface area contributed by atoms with Gasteiger partial charge in [0.2, 0.25) is 0 Å². The van der Waals surface area contributed by atoms with E-state index >= 15 is 0 Å². The highest BCUT2D eigenvalue weighted by Gasteiger charge is 2.34. The van der Waals surface area contributed by atoms with Gasteiger partial charge in [-0.3, -0.25) is 0 Å². The number of carboxylic acids is 1. The summed E-state index contributed by atoms with van der Waals surface area (Å²) in [4.78, 5) is 10.6. The summed E-state index contributed by atoms with van der Waals surface area (Å²) in [7, 11) is 0. The summed E-state index contributed by atoms with van der Waals surface area (Å²) in [6.45, 7) is 7.16. The molecule has 0 aliphatic heterocycles. The van der Waals surface area contributed by atoms with Crippen molar-refractivity contribution < 1.29 is 15.0 Å². The fourth-order valence-electron chi connectivity index (χ4n) is 1.17. The van der Waals surface area contributed by atoms with E-state index in [-0.39, 0.29) is 18.8 Å². The highest BCUT2D eigenvalue weighted by Crippen LogP contribution is 2.21. The Labute approximate surface area is 72.7 Å². The maximum absolute atomic E-state index is 10.6. The van der Waals surface area contributed by atoms with Gasteiger partial charge in [-0.15, -0.1) is 6.58 Å². The van der Waals surface area contributed by atoms with Crippen molar-refractivity contribution in [2.24, 2.45) is 5.92 Å². The number of carboxylic acid groups (broad SMARTS) is 1. The first-order valence-corrected chi connectivity index (χ1v) is 3.99. The minimum atomic E-state index is -1.63. The van der Waals surface area contributed by atoms with E-state index in [1.165, 1.54) is 6.08 Å². The Morgan fingerprint density at radius 3 is 2.42 bits per heavy atom. The molecule has 0 aromatic heterocycles. The number of aliphatic hydroxyl groups is 1. The molecule has 0 aliphatic carbocycles.